The van der Waals surface area contributed by atoms with Crippen molar-refractivity contribution >= 4 is 23.3 Å². The fourth-order valence-corrected chi connectivity index (χ4v) is 1.59. The van der Waals surface area contributed by atoms with E-state index in [4.69, 9.17) is 16.7 Å². The van der Waals surface area contributed by atoms with Crippen LogP contribution in [0.25, 0.3) is 0 Å². The highest BCUT2D eigenvalue weighted by Gasteiger charge is 2.14. The minimum atomic E-state index is -0.858. The number of nitrogens with one attached hydrogen (secondary N) is 1. The van der Waals surface area contributed by atoms with Gasteiger partial charge in [-0.3, -0.25) is 4.79 Å². The van der Waals surface area contributed by atoms with Crippen molar-refractivity contribution in [3.8, 4) is 0 Å². The molecule has 0 saturated heterocycles. The zero-order valence-corrected chi connectivity index (χ0v) is 10.7. The molecule has 0 radical (unpaired) electrons. The van der Waals surface area contributed by atoms with Gasteiger partial charge in [0.1, 0.15) is 0 Å². The molecule has 0 aliphatic carbocycles. The largest absolute Gasteiger partial charge is 0.481 e. The van der Waals surface area contributed by atoms with Gasteiger partial charge in [-0.2, -0.15) is 0 Å². The summed E-state index contributed by atoms with van der Waals surface area (Å²) in [5.41, 5.74) is 2.49. The number of halogens is 1. The number of hydrogen-bond acceptors (Lipinski definition) is 2. The molecule has 1 unspecified atom stereocenters. The maximum Gasteiger partial charge on any atom is 0.310 e. The van der Waals surface area contributed by atoms with Gasteiger partial charge >= 0.3 is 5.97 Å². The van der Waals surface area contributed by atoms with Crippen LogP contribution in [0.3, 0.4) is 0 Å². The van der Waals surface area contributed by atoms with Crippen LogP contribution < -0.4 is 5.32 Å². The number of carbonyl (C=O) groups is 1. The Morgan fingerprint density at radius 2 is 2.24 bits per heavy atom. The van der Waals surface area contributed by atoms with Crippen LogP contribution in [0.15, 0.2) is 30.4 Å². The molecular formula is C13H16ClNO2. The predicted octanol–water partition coefficient (Wildman–Crippen LogP) is 3.52. The highest BCUT2D eigenvalue weighted by atomic mass is 35.5. The van der Waals surface area contributed by atoms with Gasteiger partial charge in [0, 0.05) is 6.54 Å². The van der Waals surface area contributed by atoms with E-state index in [0.717, 1.165) is 11.3 Å². The third kappa shape index (κ3) is 3.79. The number of benzene rings is 1. The second-order valence-corrected chi connectivity index (χ2v) is 4.52. The summed E-state index contributed by atoms with van der Waals surface area (Å²) in [5.74, 6) is -1.41. The number of hydrogen-bond donors (Lipinski definition) is 2. The average Bonchev–Trinajstić information content (AvgIpc) is 2.26. The molecule has 0 aliphatic heterocycles. The van der Waals surface area contributed by atoms with Crippen molar-refractivity contribution in [3.05, 3.63) is 40.9 Å². The number of carboxylic acids is 1. The summed E-state index contributed by atoms with van der Waals surface area (Å²) in [7, 11) is 0. The van der Waals surface area contributed by atoms with Crippen molar-refractivity contribution in [1.82, 2.24) is 0 Å². The molecule has 1 atom stereocenters. The molecule has 92 valence electrons. The fourth-order valence-electron chi connectivity index (χ4n) is 1.33. The lowest BCUT2D eigenvalue weighted by atomic mass is 10.0. The van der Waals surface area contributed by atoms with Gasteiger partial charge < -0.3 is 10.4 Å². The van der Waals surface area contributed by atoms with E-state index in [1.165, 1.54) is 0 Å². The van der Waals surface area contributed by atoms with Crippen molar-refractivity contribution in [2.24, 2.45) is 0 Å². The first-order chi connectivity index (χ1) is 7.91. The normalized spacial score (nSPS) is 11.9. The molecule has 0 bridgehead atoms. The lowest BCUT2D eigenvalue weighted by Gasteiger charge is -2.11. The van der Waals surface area contributed by atoms with Crippen molar-refractivity contribution in [2.45, 2.75) is 19.8 Å². The summed E-state index contributed by atoms with van der Waals surface area (Å²) in [5, 5.41) is 12.6. The standard InChI is InChI=1S/C13H16ClNO2/c1-8(2)7-15-12-5-4-10(6-11(12)14)9(3)13(16)17/h4-6,9,15H,1,7H2,2-3H3,(H,16,17). The molecular weight excluding hydrogens is 238 g/mol. The monoisotopic (exact) mass is 253 g/mol. The minimum absolute atomic E-state index is 0.525. The fraction of sp³-hybridized carbons (Fsp3) is 0.308. The third-order valence-corrected chi connectivity index (χ3v) is 2.76. The van der Waals surface area contributed by atoms with Crippen LogP contribution >= 0.6 is 11.6 Å². The second-order valence-electron chi connectivity index (χ2n) is 4.11. The Kier molecular flexibility index (Phi) is 4.58. The van der Waals surface area contributed by atoms with Gasteiger partial charge in [0.05, 0.1) is 16.6 Å². The molecule has 1 aromatic rings. The van der Waals surface area contributed by atoms with Crippen LogP contribution in [0.5, 0.6) is 0 Å². The first-order valence-electron chi connectivity index (χ1n) is 5.32. The van der Waals surface area contributed by atoms with Gasteiger partial charge in [0.25, 0.3) is 0 Å². The molecule has 3 nitrogen and oxygen atoms in total. The molecule has 2 N–H and O–H groups in total. The van der Waals surface area contributed by atoms with Crippen LogP contribution in [0.1, 0.15) is 25.3 Å². The molecule has 0 amide bonds. The highest BCUT2D eigenvalue weighted by Crippen LogP contribution is 2.27. The quantitative estimate of drug-likeness (QED) is 0.790. The molecule has 0 aliphatic rings. The van der Waals surface area contributed by atoms with Crippen molar-refractivity contribution in [1.29, 1.82) is 0 Å². The molecule has 1 rings (SSSR count). The summed E-state index contributed by atoms with van der Waals surface area (Å²) >= 11 is 6.08. The van der Waals surface area contributed by atoms with Gasteiger partial charge in [-0.25, -0.2) is 0 Å². The van der Waals surface area contributed by atoms with Gasteiger partial charge in [-0.05, 0) is 31.5 Å². The molecule has 0 heterocycles. The van der Waals surface area contributed by atoms with Crippen molar-refractivity contribution in [3.63, 3.8) is 0 Å². The second kappa shape index (κ2) is 5.73. The number of aliphatic carboxylic acids is 1. The summed E-state index contributed by atoms with van der Waals surface area (Å²) in [6.45, 7) is 7.98. The van der Waals surface area contributed by atoms with Gasteiger partial charge in [0.15, 0.2) is 0 Å². The molecule has 0 aromatic heterocycles. The molecule has 0 fully saturated rings. The lowest BCUT2D eigenvalue weighted by Crippen LogP contribution is -2.08. The van der Waals surface area contributed by atoms with E-state index in [1.807, 2.05) is 6.92 Å². The zero-order chi connectivity index (χ0) is 13.0. The topological polar surface area (TPSA) is 49.3 Å². The summed E-state index contributed by atoms with van der Waals surface area (Å²) in [6.07, 6.45) is 0. The van der Waals surface area contributed by atoms with E-state index < -0.39 is 11.9 Å². The van der Waals surface area contributed by atoms with Gasteiger partial charge in [-0.1, -0.05) is 29.8 Å². The van der Waals surface area contributed by atoms with E-state index in [9.17, 15) is 4.79 Å². The van der Waals surface area contributed by atoms with E-state index in [1.54, 1.807) is 25.1 Å². The van der Waals surface area contributed by atoms with Crippen molar-refractivity contribution in [2.75, 3.05) is 11.9 Å². The first kappa shape index (κ1) is 13.6. The van der Waals surface area contributed by atoms with Crippen LogP contribution in [0.4, 0.5) is 5.69 Å². The van der Waals surface area contributed by atoms with Gasteiger partial charge in [-0.15, -0.1) is 0 Å². The first-order valence-corrected chi connectivity index (χ1v) is 5.70. The molecule has 1 aromatic carbocycles. The molecule has 0 saturated carbocycles. The van der Waals surface area contributed by atoms with Crippen LogP contribution in [-0.2, 0) is 4.79 Å². The Hall–Kier alpha value is -1.48. The van der Waals surface area contributed by atoms with E-state index in [2.05, 4.69) is 11.9 Å². The maximum absolute atomic E-state index is 10.8. The Morgan fingerprint density at radius 1 is 1.59 bits per heavy atom. The lowest BCUT2D eigenvalue weighted by molar-refractivity contribution is -0.138. The van der Waals surface area contributed by atoms with Crippen LogP contribution in [0, 0.1) is 0 Å². The van der Waals surface area contributed by atoms with E-state index in [-0.39, 0.29) is 0 Å². The van der Waals surface area contributed by atoms with E-state index >= 15 is 0 Å². The smallest absolute Gasteiger partial charge is 0.310 e. The summed E-state index contributed by atoms with van der Waals surface area (Å²) in [4.78, 5) is 10.8. The van der Waals surface area contributed by atoms with E-state index in [0.29, 0.717) is 17.1 Å². The number of carboxylic acid groups (broad SMARTS) is 1. The maximum atomic E-state index is 10.8. The Bertz CT molecular complexity index is 443. The Labute approximate surface area is 106 Å². The molecule has 0 spiro atoms. The van der Waals surface area contributed by atoms with Crippen LogP contribution in [0.2, 0.25) is 5.02 Å². The zero-order valence-electron chi connectivity index (χ0n) is 9.96. The Morgan fingerprint density at radius 3 is 2.71 bits per heavy atom. The predicted molar refractivity (Wildman–Crippen MR) is 70.8 cm³/mol. The summed E-state index contributed by atoms with van der Waals surface area (Å²) in [6, 6.07) is 5.24. The van der Waals surface area contributed by atoms with Crippen molar-refractivity contribution < 1.29 is 9.90 Å². The average molecular weight is 254 g/mol. The molecule has 4 heteroatoms. The minimum Gasteiger partial charge on any atom is -0.481 e. The Balaban J connectivity index is 2.86. The highest BCUT2D eigenvalue weighted by molar-refractivity contribution is 6.33. The van der Waals surface area contributed by atoms with Gasteiger partial charge in [0.2, 0.25) is 0 Å². The number of rotatable bonds is 5. The SMILES string of the molecule is C=C(C)CNc1ccc(C(C)C(=O)O)cc1Cl. The van der Waals surface area contributed by atoms with Crippen LogP contribution in [-0.4, -0.2) is 17.6 Å². The summed E-state index contributed by atoms with van der Waals surface area (Å²) < 4.78 is 0. The molecule has 17 heavy (non-hydrogen) atoms. The third-order valence-electron chi connectivity index (χ3n) is 2.44. The number of anilines is 1.